The smallest absolute Gasteiger partial charge is 0.338 e. The number of anilines is 1. The lowest BCUT2D eigenvalue weighted by Crippen LogP contribution is -2.27. The molecule has 0 aliphatic heterocycles. The van der Waals surface area contributed by atoms with Crippen LogP contribution in [0.5, 0.6) is 0 Å². The molecule has 2 aromatic heterocycles. The number of hydrogen-bond acceptors (Lipinski definition) is 6. The number of nitrogens with one attached hydrogen (secondary N) is 1. The first kappa shape index (κ1) is 21.9. The molecule has 0 unspecified atom stereocenters. The van der Waals surface area contributed by atoms with E-state index in [2.05, 4.69) is 15.4 Å². The summed E-state index contributed by atoms with van der Waals surface area (Å²) in [6.45, 7) is 5.80. The maximum atomic E-state index is 12.9. The van der Waals surface area contributed by atoms with Crippen molar-refractivity contribution in [2.45, 2.75) is 27.3 Å². The van der Waals surface area contributed by atoms with Crippen molar-refractivity contribution in [1.82, 2.24) is 19.3 Å². The molecule has 2 aromatic carbocycles. The number of hydrogen-bond donors (Lipinski definition) is 1. The third kappa shape index (κ3) is 4.38. The van der Waals surface area contributed by atoms with E-state index >= 15 is 0 Å². The van der Waals surface area contributed by atoms with E-state index in [9.17, 15) is 14.4 Å². The maximum absolute atomic E-state index is 12.9. The van der Waals surface area contributed by atoms with E-state index in [1.807, 2.05) is 32.0 Å². The Hall–Kier alpha value is -4.27. The third-order valence-corrected chi connectivity index (χ3v) is 5.35. The monoisotopic (exact) mass is 445 g/mol. The van der Waals surface area contributed by atoms with Crippen LogP contribution in [0.2, 0.25) is 0 Å². The van der Waals surface area contributed by atoms with Crippen molar-refractivity contribution < 1.29 is 14.3 Å². The van der Waals surface area contributed by atoms with Crippen molar-refractivity contribution in [3.05, 3.63) is 82.0 Å². The number of aromatic nitrogens is 4. The van der Waals surface area contributed by atoms with Crippen LogP contribution in [-0.2, 0) is 16.1 Å². The molecule has 0 radical (unpaired) electrons. The second-order valence-corrected chi connectivity index (χ2v) is 7.54. The molecule has 0 saturated carbocycles. The van der Waals surface area contributed by atoms with Crippen molar-refractivity contribution in [3.8, 4) is 5.69 Å². The summed E-state index contributed by atoms with van der Waals surface area (Å²) >= 11 is 0. The summed E-state index contributed by atoms with van der Waals surface area (Å²) in [6, 6.07) is 12.2. The molecule has 9 nitrogen and oxygen atoms in total. The Morgan fingerprint density at radius 1 is 1.09 bits per heavy atom. The first-order valence-electron chi connectivity index (χ1n) is 10.5. The first-order valence-corrected chi connectivity index (χ1v) is 10.5. The Kier molecular flexibility index (Phi) is 6.03. The molecule has 4 rings (SSSR count). The molecule has 168 valence electrons. The highest BCUT2D eigenvalue weighted by Crippen LogP contribution is 2.20. The quantitative estimate of drug-likeness (QED) is 0.457. The zero-order valence-corrected chi connectivity index (χ0v) is 18.5. The summed E-state index contributed by atoms with van der Waals surface area (Å²) in [4.78, 5) is 41.5. The summed E-state index contributed by atoms with van der Waals surface area (Å²) in [6.07, 6.45) is 2.81. The van der Waals surface area contributed by atoms with Crippen LogP contribution < -0.4 is 10.9 Å². The topological polar surface area (TPSA) is 108 Å². The molecular weight excluding hydrogens is 422 g/mol. The number of fused-ring (bicyclic) bond motifs is 1. The van der Waals surface area contributed by atoms with Crippen LogP contribution in [0.3, 0.4) is 0 Å². The highest BCUT2D eigenvalue weighted by molar-refractivity contribution is 5.93. The second-order valence-electron chi connectivity index (χ2n) is 7.54. The van der Waals surface area contributed by atoms with Crippen molar-refractivity contribution in [1.29, 1.82) is 0 Å². The molecule has 0 bridgehead atoms. The molecule has 0 saturated heterocycles. The fourth-order valence-electron chi connectivity index (χ4n) is 3.46. The van der Waals surface area contributed by atoms with Crippen LogP contribution in [0.4, 0.5) is 5.69 Å². The summed E-state index contributed by atoms with van der Waals surface area (Å²) in [5.41, 5.74) is 3.96. The zero-order chi connectivity index (χ0) is 23.5. The normalized spacial score (nSPS) is 10.9. The number of carbonyl (C=O) groups is 2. The van der Waals surface area contributed by atoms with Crippen molar-refractivity contribution >= 4 is 28.6 Å². The second kappa shape index (κ2) is 9.07. The van der Waals surface area contributed by atoms with Gasteiger partial charge in [0.05, 0.1) is 24.1 Å². The van der Waals surface area contributed by atoms with Gasteiger partial charge in [-0.3, -0.25) is 14.2 Å². The van der Waals surface area contributed by atoms with E-state index in [-0.39, 0.29) is 18.7 Å². The van der Waals surface area contributed by atoms with Gasteiger partial charge >= 0.3 is 5.97 Å². The minimum absolute atomic E-state index is 0.212. The van der Waals surface area contributed by atoms with Crippen molar-refractivity contribution in [2.75, 3.05) is 11.9 Å². The molecule has 0 spiro atoms. The summed E-state index contributed by atoms with van der Waals surface area (Å²) in [7, 11) is 0. The Morgan fingerprint density at radius 2 is 1.85 bits per heavy atom. The Morgan fingerprint density at radius 3 is 2.58 bits per heavy atom. The van der Waals surface area contributed by atoms with Gasteiger partial charge in [0, 0.05) is 5.69 Å². The lowest BCUT2D eigenvalue weighted by Gasteiger charge is -2.10. The number of benzene rings is 2. The van der Waals surface area contributed by atoms with Gasteiger partial charge in [0.15, 0.2) is 5.65 Å². The minimum Gasteiger partial charge on any atom is -0.462 e. The molecule has 0 aliphatic carbocycles. The Balaban J connectivity index is 1.53. The molecule has 1 N–H and O–H groups in total. The number of esters is 1. The predicted octanol–water partition coefficient (Wildman–Crippen LogP) is 3.01. The van der Waals surface area contributed by atoms with Gasteiger partial charge in [-0.1, -0.05) is 12.1 Å². The van der Waals surface area contributed by atoms with Gasteiger partial charge in [0.2, 0.25) is 5.91 Å². The van der Waals surface area contributed by atoms with Crippen LogP contribution >= 0.6 is 0 Å². The van der Waals surface area contributed by atoms with Gasteiger partial charge in [-0.2, -0.15) is 5.10 Å². The largest absolute Gasteiger partial charge is 0.462 e. The lowest BCUT2D eigenvalue weighted by molar-refractivity contribution is -0.116. The molecule has 4 aromatic rings. The first-order chi connectivity index (χ1) is 15.9. The standard InChI is InChI=1S/C24H23N5O4/c1-4-33-24(32)17-8-10-18(11-9-17)27-21(30)13-28-14-25-22-19(23(28)31)12-26-29(22)20-7-5-6-15(2)16(20)3/h5-12,14H,4,13H2,1-3H3,(H,27,30). The SMILES string of the molecule is CCOC(=O)c1ccc(NC(=O)Cn2cnc3c(cnn3-c3cccc(C)c3C)c2=O)cc1. The highest BCUT2D eigenvalue weighted by atomic mass is 16.5. The van der Waals surface area contributed by atoms with Crippen molar-refractivity contribution in [3.63, 3.8) is 0 Å². The fraction of sp³-hybridized carbons (Fsp3) is 0.208. The summed E-state index contributed by atoms with van der Waals surface area (Å²) < 4.78 is 7.81. The molecule has 0 atom stereocenters. The molecule has 9 heteroatoms. The van der Waals surface area contributed by atoms with E-state index < -0.39 is 11.9 Å². The van der Waals surface area contributed by atoms with Gasteiger partial charge in [-0.05, 0) is 62.2 Å². The van der Waals surface area contributed by atoms with Gasteiger partial charge in [0.1, 0.15) is 18.3 Å². The number of nitrogens with zero attached hydrogens (tertiary/aromatic N) is 4. The molecule has 33 heavy (non-hydrogen) atoms. The molecule has 2 heterocycles. The number of rotatable bonds is 6. The predicted molar refractivity (Wildman–Crippen MR) is 124 cm³/mol. The number of amides is 1. The Labute approximate surface area is 189 Å². The number of ether oxygens (including phenoxy) is 1. The fourth-order valence-corrected chi connectivity index (χ4v) is 3.46. The average Bonchev–Trinajstić information content (AvgIpc) is 3.23. The van der Waals surface area contributed by atoms with Crippen LogP contribution in [0.15, 0.2) is 59.8 Å². The molecule has 1 amide bonds. The van der Waals surface area contributed by atoms with Crippen LogP contribution in [0.25, 0.3) is 16.7 Å². The Bertz CT molecular complexity index is 1400. The van der Waals surface area contributed by atoms with E-state index in [0.717, 1.165) is 16.8 Å². The molecule has 0 aliphatic rings. The molecular formula is C24H23N5O4. The van der Waals surface area contributed by atoms with Gasteiger partial charge in [-0.25, -0.2) is 14.5 Å². The van der Waals surface area contributed by atoms with E-state index in [4.69, 9.17) is 4.74 Å². The third-order valence-electron chi connectivity index (χ3n) is 5.35. The summed E-state index contributed by atoms with van der Waals surface area (Å²) in [5, 5.41) is 7.39. The number of aryl methyl sites for hydroxylation is 1. The van der Waals surface area contributed by atoms with E-state index in [1.165, 1.54) is 17.1 Å². The maximum Gasteiger partial charge on any atom is 0.338 e. The van der Waals surface area contributed by atoms with Gasteiger partial charge < -0.3 is 10.1 Å². The van der Waals surface area contributed by atoms with E-state index in [1.54, 1.807) is 35.9 Å². The zero-order valence-electron chi connectivity index (χ0n) is 18.5. The van der Waals surface area contributed by atoms with Crippen molar-refractivity contribution in [2.24, 2.45) is 0 Å². The molecule has 0 fully saturated rings. The minimum atomic E-state index is -0.428. The van der Waals surface area contributed by atoms with E-state index in [0.29, 0.717) is 22.3 Å². The highest BCUT2D eigenvalue weighted by Gasteiger charge is 2.15. The summed E-state index contributed by atoms with van der Waals surface area (Å²) in [5.74, 6) is -0.827. The van der Waals surface area contributed by atoms with Gasteiger partial charge in [-0.15, -0.1) is 0 Å². The van der Waals surface area contributed by atoms with Crippen LogP contribution in [-0.4, -0.2) is 37.8 Å². The van der Waals surface area contributed by atoms with Crippen LogP contribution in [0.1, 0.15) is 28.4 Å². The lowest BCUT2D eigenvalue weighted by atomic mass is 10.1. The average molecular weight is 445 g/mol. The number of carbonyl (C=O) groups excluding carboxylic acids is 2. The van der Waals surface area contributed by atoms with Gasteiger partial charge in [0.25, 0.3) is 5.56 Å². The van der Waals surface area contributed by atoms with Crippen LogP contribution in [0, 0.1) is 13.8 Å².